The number of ether oxygens (including phenoxy) is 1. The summed E-state index contributed by atoms with van der Waals surface area (Å²) in [6.45, 7) is 3.32. The highest BCUT2D eigenvalue weighted by Gasteiger charge is 2.22. The Labute approximate surface area is 204 Å². The number of rotatable bonds is 9. The lowest BCUT2D eigenvalue weighted by atomic mass is 10.1. The molecule has 0 amide bonds. The maximum absolute atomic E-state index is 14.4. The van der Waals surface area contributed by atoms with Gasteiger partial charge in [-0.15, -0.1) is 34.2 Å². The molecule has 9 heteroatoms. The van der Waals surface area contributed by atoms with E-state index in [0.717, 1.165) is 36.4 Å². The molecule has 1 aliphatic rings. The van der Waals surface area contributed by atoms with Gasteiger partial charge >= 0.3 is 0 Å². The molecule has 7 nitrogen and oxygen atoms in total. The highest BCUT2D eigenvalue weighted by atomic mass is 127. The van der Waals surface area contributed by atoms with Crippen molar-refractivity contribution in [2.24, 2.45) is 10.9 Å². The average molecular weight is 552 g/mol. The van der Waals surface area contributed by atoms with Crippen molar-refractivity contribution < 1.29 is 9.13 Å². The smallest absolute Gasteiger partial charge is 0.191 e. The third kappa shape index (κ3) is 6.30. The van der Waals surface area contributed by atoms with Crippen LogP contribution in [0.2, 0.25) is 0 Å². The van der Waals surface area contributed by atoms with E-state index in [-0.39, 0.29) is 35.8 Å². The minimum absolute atomic E-state index is 0. The third-order valence-electron chi connectivity index (χ3n) is 5.46. The molecule has 0 bridgehead atoms. The van der Waals surface area contributed by atoms with Crippen LogP contribution in [0.3, 0.4) is 0 Å². The Morgan fingerprint density at radius 2 is 2.12 bits per heavy atom. The van der Waals surface area contributed by atoms with E-state index in [1.165, 1.54) is 18.9 Å². The molecule has 172 valence electrons. The van der Waals surface area contributed by atoms with Gasteiger partial charge in [0.05, 0.1) is 12.6 Å². The normalized spacial score (nSPS) is 14.7. The molecule has 2 N–H and O–H groups in total. The van der Waals surface area contributed by atoms with Crippen LogP contribution in [0, 0.1) is 11.7 Å². The molecule has 1 atom stereocenters. The van der Waals surface area contributed by atoms with Crippen LogP contribution in [0.4, 0.5) is 4.39 Å². The number of benzene rings is 1. The standard InChI is InChI=1S/C23H29FN6O.HI/c1-16(18-10-11-20(19(24)14-18)31-15-17-8-9-17)27-23(25-2)26-12-5-7-22-29-28-21-6-3-4-13-30(21)22;/h3-4,6,10-11,13-14,16-17H,5,7-9,12,15H2,1-2H3,(H2,25,26,27);1H. The molecule has 2 aromatic heterocycles. The molecule has 2 heterocycles. The van der Waals surface area contributed by atoms with Crippen molar-refractivity contribution in [2.45, 2.75) is 38.6 Å². The van der Waals surface area contributed by atoms with Gasteiger partial charge in [0.1, 0.15) is 5.82 Å². The average Bonchev–Trinajstić information content (AvgIpc) is 3.53. The molecule has 32 heavy (non-hydrogen) atoms. The first-order valence-electron chi connectivity index (χ1n) is 10.8. The van der Waals surface area contributed by atoms with E-state index in [9.17, 15) is 4.39 Å². The fraction of sp³-hybridized carbons (Fsp3) is 0.435. The number of aromatic nitrogens is 3. The zero-order valence-electron chi connectivity index (χ0n) is 18.4. The van der Waals surface area contributed by atoms with Crippen molar-refractivity contribution in [1.29, 1.82) is 0 Å². The lowest BCUT2D eigenvalue weighted by Gasteiger charge is -2.19. The van der Waals surface area contributed by atoms with E-state index in [1.54, 1.807) is 13.1 Å². The largest absolute Gasteiger partial charge is 0.490 e. The second kappa shape index (κ2) is 11.4. The van der Waals surface area contributed by atoms with Gasteiger partial charge < -0.3 is 15.4 Å². The van der Waals surface area contributed by atoms with Gasteiger partial charge in [-0.2, -0.15) is 0 Å². The summed E-state index contributed by atoms with van der Waals surface area (Å²) in [6.07, 6.45) is 6.02. The van der Waals surface area contributed by atoms with Crippen LogP contribution in [-0.2, 0) is 6.42 Å². The van der Waals surface area contributed by atoms with Gasteiger partial charge in [-0.05, 0) is 61.9 Å². The van der Waals surface area contributed by atoms with E-state index in [0.29, 0.717) is 24.2 Å². The van der Waals surface area contributed by atoms with Crippen LogP contribution in [-0.4, -0.2) is 40.8 Å². The number of pyridine rings is 1. The number of hydrogen-bond donors (Lipinski definition) is 2. The number of fused-ring (bicyclic) bond motifs is 1. The second-order valence-corrected chi connectivity index (χ2v) is 7.96. The quantitative estimate of drug-likeness (QED) is 0.181. The van der Waals surface area contributed by atoms with Gasteiger partial charge in [0, 0.05) is 26.2 Å². The number of hydrogen-bond acceptors (Lipinski definition) is 4. The van der Waals surface area contributed by atoms with Crippen LogP contribution in [0.5, 0.6) is 5.75 Å². The Morgan fingerprint density at radius 3 is 2.88 bits per heavy atom. The highest BCUT2D eigenvalue weighted by molar-refractivity contribution is 14.0. The predicted octanol–water partition coefficient (Wildman–Crippen LogP) is 4.13. The Hall–Kier alpha value is -2.43. The molecular formula is C23H30FIN6O. The van der Waals surface area contributed by atoms with Crippen LogP contribution in [0.25, 0.3) is 5.65 Å². The minimum atomic E-state index is -0.324. The van der Waals surface area contributed by atoms with Gasteiger partial charge in [0.2, 0.25) is 0 Å². The fourth-order valence-electron chi connectivity index (χ4n) is 3.39. The maximum atomic E-state index is 14.4. The number of aryl methyl sites for hydroxylation is 1. The van der Waals surface area contributed by atoms with Crippen LogP contribution < -0.4 is 15.4 Å². The van der Waals surface area contributed by atoms with E-state index in [1.807, 2.05) is 41.8 Å². The number of halogens is 2. The summed E-state index contributed by atoms with van der Waals surface area (Å²) >= 11 is 0. The van der Waals surface area contributed by atoms with E-state index in [2.05, 4.69) is 25.8 Å². The fourth-order valence-corrected chi connectivity index (χ4v) is 3.39. The van der Waals surface area contributed by atoms with Crippen LogP contribution in [0.15, 0.2) is 47.6 Å². The van der Waals surface area contributed by atoms with Crippen LogP contribution in [0.1, 0.15) is 43.6 Å². The minimum Gasteiger partial charge on any atom is -0.490 e. The SMILES string of the molecule is CN=C(NCCCc1nnc2ccccn12)NC(C)c1ccc(OCC2CC2)c(F)c1.I. The summed E-state index contributed by atoms with van der Waals surface area (Å²) < 4.78 is 22.0. The monoisotopic (exact) mass is 552 g/mol. The van der Waals surface area contributed by atoms with Crippen molar-refractivity contribution in [1.82, 2.24) is 25.2 Å². The van der Waals surface area contributed by atoms with E-state index >= 15 is 0 Å². The summed E-state index contributed by atoms with van der Waals surface area (Å²) in [7, 11) is 1.73. The topological polar surface area (TPSA) is 75.8 Å². The molecular weight excluding hydrogens is 522 g/mol. The molecule has 3 aromatic rings. The summed E-state index contributed by atoms with van der Waals surface area (Å²) in [6, 6.07) is 10.9. The van der Waals surface area contributed by atoms with Gasteiger partial charge in [-0.25, -0.2) is 4.39 Å². The number of guanidine groups is 1. The lowest BCUT2D eigenvalue weighted by Crippen LogP contribution is -2.39. The summed E-state index contributed by atoms with van der Waals surface area (Å²) in [5, 5.41) is 15.1. The van der Waals surface area contributed by atoms with Crippen molar-refractivity contribution in [3.63, 3.8) is 0 Å². The molecule has 1 unspecified atom stereocenters. The Kier molecular flexibility index (Phi) is 8.66. The van der Waals surface area contributed by atoms with Gasteiger partial charge in [-0.3, -0.25) is 9.39 Å². The molecule has 1 aromatic carbocycles. The van der Waals surface area contributed by atoms with Crippen molar-refractivity contribution >= 4 is 35.6 Å². The van der Waals surface area contributed by atoms with Crippen molar-refractivity contribution in [3.8, 4) is 5.75 Å². The van der Waals surface area contributed by atoms with Gasteiger partial charge in [0.15, 0.2) is 23.2 Å². The zero-order valence-corrected chi connectivity index (χ0v) is 20.8. The Morgan fingerprint density at radius 1 is 1.28 bits per heavy atom. The second-order valence-electron chi connectivity index (χ2n) is 7.96. The van der Waals surface area contributed by atoms with Gasteiger partial charge in [0.25, 0.3) is 0 Å². The van der Waals surface area contributed by atoms with Crippen molar-refractivity contribution in [2.75, 3.05) is 20.2 Å². The predicted molar refractivity (Wildman–Crippen MR) is 134 cm³/mol. The number of aliphatic imine (C=N–C) groups is 1. The Bertz CT molecular complexity index is 1050. The number of nitrogens with one attached hydrogen (secondary N) is 2. The molecule has 0 spiro atoms. The van der Waals surface area contributed by atoms with Crippen LogP contribution >= 0.6 is 24.0 Å². The first-order chi connectivity index (χ1) is 15.1. The van der Waals surface area contributed by atoms with E-state index in [4.69, 9.17) is 4.74 Å². The first-order valence-corrected chi connectivity index (χ1v) is 10.8. The molecule has 0 radical (unpaired) electrons. The molecule has 1 aliphatic carbocycles. The number of nitrogens with zero attached hydrogens (tertiary/aromatic N) is 4. The molecule has 0 saturated heterocycles. The lowest BCUT2D eigenvalue weighted by molar-refractivity contribution is 0.285. The zero-order chi connectivity index (χ0) is 21.6. The third-order valence-corrected chi connectivity index (χ3v) is 5.46. The Balaban J connectivity index is 0.00000289. The summed E-state index contributed by atoms with van der Waals surface area (Å²) in [5.74, 6) is 2.21. The molecule has 1 fully saturated rings. The first kappa shape index (κ1) is 24.2. The maximum Gasteiger partial charge on any atom is 0.191 e. The van der Waals surface area contributed by atoms with Crippen molar-refractivity contribution in [3.05, 3.63) is 59.8 Å². The molecule has 4 rings (SSSR count). The van der Waals surface area contributed by atoms with E-state index < -0.39 is 0 Å². The highest BCUT2D eigenvalue weighted by Crippen LogP contribution is 2.30. The summed E-state index contributed by atoms with van der Waals surface area (Å²) in [4.78, 5) is 4.28. The van der Waals surface area contributed by atoms with Gasteiger partial charge in [-0.1, -0.05) is 12.1 Å². The molecule has 1 saturated carbocycles. The molecule has 0 aliphatic heterocycles. The summed E-state index contributed by atoms with van der Waals surface area (Å²) in [5.41, 5.74) is 1.70.